The summed E-state index contributed by atoms with van der Waals surface area (Å²) in [7, 11) is 0. The monoisotopic (exact) mass is 233 g/mol. The number of allylic oxidation sites excluding steroid dienone is 6. The van der Waals surface area contributed by atoms with E-state index in [0.29, 0.717) is 0 Å². The fourth-order valence-electron chi connectivity index (χ4n) is 1.32. The maximum Gasteiger partial charge on any atom is 0.255 e. The smallest absolute Gasteiger partial charge is 0.255 e. The molecule has 0 spiro atoms. The summed E-state index contributed by atoms with van der Waals surface area (Å²) in [6.45, 7) is 7.82. The molecule has 0 aromatic rings. The number of amides is 1. The Kier molecular flexibility index (Phi) is 8.75. The second kappa shape index (κ2) is 9.64. The molecule has 1 rings (SSSR count). The van der Waals surface area contributed by atoms with Crippen LogP contribution in [0.25, 0.3) is 0 Å². The first kappa shape index (κ1) is 15.4. The topological polar surface area (TPSA) is 29.1 Å². The van der Waals surface area contributed by atoms with Gasteiger partial charge in [0.2, 0.25) is 0 Å². The van der Waals surface area contributed by atoms with E-state index in [0.717, 1.165) is 24.1 Å². The predicted molar refractivity (Wildman–Crippen MR) is 74.5 cm³/mol. The van der Waals surface area contributed by atoms with Crippen LogP contribution in [-0.4, -0.2) is 5.91 Å². The Balaban J connectivity index is 0.00000121. The first-order chi connectivity index (χ1) is 8.24. The molecule has 17 heavy (non-hydrogen) atoms. The van der Waals surface area contributed by atoms with E-state index in [-0.39, 0.29) is 5.91 Å². The highest BCUT2D eigenvalue weighted by molar-refractivity contribution is 5.97. The van der Waals surface area contributed by atoms with Crippen LogP contribution in [0.1, 0.15) is 40.5 Å². The molecular weight excluding hydrogens is 210 g/mol. The third-order valence-electron chi connectivity index (χ3n) is 2.11. The minimum Gasteiger partial charge on any atom is -0.326 e. The standard InChI is InChI=1S/C13H17NO.C2H6/c1-3-4-8-11(2)14-13(15)12-9-6-5-7-10-12;1-2/h3-4,6,8-10H,5,7H2,1-2H3,(H,14,15);1-2H3/b4-3-,11-8+;. The molecule has 94 valence electrons. The summed E-state index contributed by atoms with van der Waals surface area (Å²) in [6, 6.07) is 0. The third kappa shape index (κ3) is 6.56. The van der Waals surface area contributed by atoms with Crippen LogP contribution in [-0.2, 0) is 4.79 Å². The van der Waals surface area contributed by atoms with E-state index in [1.807, 2.05) is 64.2 Å². The van der Waals surface area contributed by atoms with Crippen molar-refractivity contribution in [1.82, 2.24) is 5.32 Å². The first-order valence-corrected chi connectivity index (χ1v) is 6.21. The largest absolute Gasteiger partial charge is 0.326 e. The molecule has 1 aliphatic carbocycles. The maximum absolute atomic E-state index is 11.7. The van der Waals surface area contributed by atoms with Crippen molar-refractivity contribution in [3.05, 3.63) is 47.7 Å². The van der Waals surface area contributed by atoms with Gasteiger partial charge in [-0.2, -0.15) is 0 Å². The van der Waals surface area contributed by atoms with Crippen molar-refractivity contribution in [3.8, 4) is 0 Å². The highest BCUT2D eigenvalue weighted by atomic mass is 16.1. The second-order valence-corrected chi connectivity index (χ2v) is 3.47. The van der Waals surface area contributed by atoms with Gasteiger partial charge in [0.05, 0.1) is 0 Å². The molecule has 1 amide bonds. The van der Waals surface area contributed by atoms with Crippen LogP contribution in [0.3, 0.4) is 0 Å². The SMILES string of the molecule is C/C=C\C=C(/C)NC(=O)C1=CCCC=C1.CC. The van der Waals surface area contributed by atoms with Crippen molar-refractivity contribution in [2.75, 3.05) is 0 Å². The number of nitrogens with one attached hydrogen (secondary N) is 1. The van der Waals surface area contributed by atoms with E-state index in [1.54, 1.807) is 0 Å². The molecule has 0 aromatic carbocycles. The lowest BCUT2D eigenvalue weighted by Crippen LogP contribution is -2.22. The minimum absolute atomic E-state index is 0.0239. The van der Waals surface area contributed by atoms with Crippen molar-refractivity contribution in [1.29, 1.82) is 0 Å². The van der Waals surface area contributed by atoms with Crippen molar-refractivity contribution in [2.24, 2.45) is 0 Å². The molecule has 0 bridgehead atoms. The average Bonchev–Trinajstić information content (AvgIpc) is 2.39. The van der Waals surface area contributed by atoms with Crippen LogP contribution < -0.4 is 5.32 Å². The Morgan fingerprint density at radius 1 is 1.35 bits per heavy atom. The lowest BCUT2D eigenvalue weighted by Gasteiger charge is -2.07. The molecule has 0 radical (unpaired) electrons. The van der Waals surface area contributed by atoms with Gasteiger partial charge < -0.3 is 5.32 Å². The summed E-state index contributed by atoms with van der Waals surface area (Å²) in [6.07, 6.45) is 13.6. The van der Waals surface area contributed by atoms with Crippen molar-refractivity contribution >= 4 is 5.91 Å². The molecule has 1 aliphatic rings. The van der Waals surface area contributed by atoms with Gasteiger partial charge in [0, 0.05) is 11.3 Å². The number of carbonyl (C=O) groups excluding carboxylic acids is 1. The van der Waals surface area contributed by atoms with Gasteiger partial charge >= 0.3 is 0 Å². The van der Waals surface area contributed by atoms with Gasteiger partial charge in [0.15, 0.2) is 0 Å². The van der Waals surface area contributed by atoms with Gasteiger partial charge in [-0.1, -0.05) is 44.2 Å². The molecule has 2 nitrogen and oxygen atoms in total. The summed E-state index contributed by atoms with van der Waals surface area (Å²) >= 11 is 0. The lowest BCUT2D eigenvalue weighted by molar-refractivity contribution is -0.116. The van der Waals surface area contributed by atoms with E-state index in [9.17, 15) is 4.79 Å². The van der Waals surface area contributed by atoms with Crippen LogP contribution in [0.15, 0.2) is 47.7 Å². The number of carbonyl (C=O) groups is 1. The summed E-state index contributed by atoms with van der Waals surface area (Å²) in [5.41, 5.74) is 1.62. The highest BCUT2D eigenvalue weighted by Gasteiger charge is 2.07. The average molecular weight is 233 g/mol. The van der Waals surface area contributed by atoms with Gasteiger partial charge in [-0.05, 0) is 32.8 Å². The molecule has 0 aromatic heterocycles. The van der Waals surface area contributed by atoms with Gasteiger partial charge in [-0.25, -0.2) is 0 Å². The molecule has 0 heterocycles. The summed E-state index contributed by atoms with van der Waals surface area (Å²) in [5, 5.41) is 2.84. The molecule has 2 heteroatoms. The van der Waals surface area contributed by atoms with E-state index < -0.39 is 0 Å². The Labute approximate surface area is 105 Å². The van der Waals surface area contributed by atoms with Gasteiger partial charge in [-0.3, -0.25) is 4.79 Å². The van der Waals surface area contributed by atoms with E-state index in [4.69, 9.17) is 0 Å². The molecular formula is C15H23NO. The van der Waals surface area contributed by atoms with Gasteiger partial charge in [0.25, 0.3) is 5.91 Å². The van der Waals surface area contributed by atoms with Crippen molar-refractivity contribution in [3.63, 3.8) is 0 Å². The highest BCUT2D eigenvalue weighted by Crippen LogP contribution is 2.09. The van der Waals surface area contributed by atoms with Crippen LogP contribution in [0.5, 0.6) is 0 Å². The summed E-state index contributed by atoms with van der Waals surface area (Å²) < 4.78 is 0. The predicted octanol–water partition coefficient (Wildman–Crippen LogP) is 3.89. The zero-order valence-corrected chi connectivity index (χ0v) is 11.3. The summed E-state index contributed by atoms with van der Waals surface area (Å²) in [4.78, 5) is 11.7. The van der Waals surface area contributed by atoms with E-state index in [2.05, 4.69) is 5.32 Å². The Bertz CT molecular complexity index is 346. The Morgan fingerprint density at radius 2 is 2.06 bits per heavy atom. The molecule has 0 unspecified atom stereocenters. The normalized spacial score (nSPS) is 15.1. The maximum atomic E-state index is 11.7. The number of hydrogen-bond donors (Lipinski definition) is 1. The van der Waals surface area contributed by atoms with Gasteiger partial charge in [0.1, 0.15) is 0 Å². The lowest BCUT2D eigenvalue weighted by atomic mass is 10.1. The fourth-order valence-corrected chi connectivity index (χ4v) is 1.32. The number of rotatable bonds is 3. The van der Waals surface area contributed by atoms with Crippen molar-refractivity contribution < 1.29 is 4.79 Å². The second-order valence-electron chi connectivity index (χ2n) is 3.47. The Hall–Kier alpha value is -1.57. The van der Waals surface area contributed by atoms with Crippen molar-refractivity contribution in [2.45, 2.75) is 40.5 Å². The van der Waals surface area contributed by atoms with Gasteiger partial charge in [-0.15, -0.1) is 0 Å². The number of hydrogen-bond acceptors (Lipinski definition) is 1. The van der Waals surface area contributed by atoms with E-state index >= 15 is 0 Å². The molecule has 0 saturated carbocycles. The zero-order valence-electron chi connectivity index (χ0n) is 11.3. The quantitative estimate of drug-likeness (QED) is 0.736. The minimum atomic E-state index is -0.0239. The molecule has 0 fully saturated rings. The zero-order chi connectivity index (χ0) is 13.1. The van der Waals surface area contributed by atoms with Crippen LogP contribution in [0.4, 0.5) is 0 Å². The fraction of sp³-hybridized carbons (Fsp3) is 0.400. The third-order valence-corrected chi connectivity index (χ3v) is 2.11. The van der Waals surface area contributed by atoms with Crippen LogP contribution >= 0.6 is 0 Å². The Morgan fingerprint density at radius 3 is 2.59 bits per heavy atom. The molecule has 0 atom stereocenters. The van der Waals surface area contributed by atoms with Crippen LogP contribution in [0.2, 0.25) is 0 Å². The van der Waals surface area contributed by atoms with Crippen LogP contribution in [0, 0.1) is 0 Å². The molecule has 1 N–H and O–H groups in total. The first-order valence-electron chi connectivity index (χ1n) is 6.21. The molecule has 0 saturated heterocycles. The van der Waals surface area contributed by atoms with E-state index in [1.165, 1.54) is 0 Å². The molecule has 0 aliphatic heterocycles. The summed E-state index contributed by atoms with van der Waals surface area (Å²) in [5.74, 6) is -0.0239.